The van der Waals surface area contributed by atoms with Crippen molar-refractivity contribution >= 4 is 23.2 Å². The van der Waals surface area contributed by atoms with Crippen LogP contribution in [0.4, 0.5) is 0 Å². The van der Waals surface area contributed by atoms with Gasteiger partial charge in [-0.1, -0.05) is 19.3 Å². The largest absolute Gasteiger partial charge is 0.345 e. The molecule has 0 radical (unpaired) electrons. The minimum Gasteiger partial charge on any atom is -0.345 e. The Morgan fingerprint density at radius 2 is 2.00 bits per heavy atom. The van der Waals surface area contributed by atoms with Crippen molar-refractivity contribution in [3.8, 4) is 11.3 Å². The first-order valence-electron chi connectivity index (χ1n) is 9.98. The summed E-state index contributed by atoms with van der Waals surface area (Å²) in [6.45, 7) is 3.63. The average molecular weight is 401 g/mol. The van der Waals surface area contributed by atoms with E-state index >= 15 is 0 Å². The van der Waals surface area contributed by atoms with Crippen LogP contribution in [-0.4, -0.2) is 27.8 Å². The Morgan fingerprint density at radius 1 is 1.21 bits per heavy atom. The van der Waals surface area contributed by atoms with Crippen LogP contribution in [0.15, 0.2) is 29.9 Å². The molecule has 1 aliphatic rings. The topological polar surface area (TPSA) is 84.0 Å². The van der Waals surface area contributed by atoms with Crippen molar-refractivity contribution in [1.29, 1.82) is 0 Å². The zero-order chi connectivity index (χ0) is 19.9. The van der Waals surface area contributed by atoms with E-state index in [1.165, 1.54) is 30.6 Å². The maximum Gasteiger partial charge on any atom is 0.242 e. The van der Waals surface area contributed by atoms with Gasteiger partial charge in [0.25, 0.3) is 0 Å². The lowest BCUT2D eigenvalue weighted by Crippen LogP contribution is -2.45. The quantitative estimate of drug-likeness (QED) is 0.739. The van der Waals surface area contributed by atoms with E-state index in [-0.39, 0.29) is 17.9 Å². The molecule has 2 aromatic rings. The lowest BCUT2D eigenvalue weighted by atomic mass is 9.87. The van der Waals surface area contributed by atoms with Crippen LogP contribution in [0.5, 0.6) is 0 Å². The Labute approximate surface area is 170 Å². The molecule has 0 spiro atoms. The molecule has 2 aromatic heterocycles. The summed E-state index contributed by atoms with van der Waals surface area (Å²) >= 11 is 1.50. The second-order valence-corrected chi connectivity index (χ2v) is 8.43. The van der Waals surface area contributed by atoms with Gasteiger partial charge in [0.2, 0.25) is 11.8 Å². The second kappa shape index (κ2) is 9.78. The highest BCUT2D eigenvalue weighted by Crippen LogP contribution is 2.26. The van der Waals surface area contributed by atoms with Crippen LogP contribution >= 0.6 is 11.3 Å². The first-order valence-corrected chi connectivity index (χ1v) is 10.9. The molecule has 2 N–H and O–H groups in total. The third-order valence-corrected chi connectivity index (χ3v) is 6.21. The molecule has 2 amide bonds. The Hall–Kier alpha value is -2.28. The van der Waals surface area contributed by atoms with Crippen molar-refractivity contribution < 1.29 is 9.59 Å². The zero-order valence-electron chi connectivity index (χ0n) is 16.5. The molecule has 1 fully saturated rings. The molecule has 2 heterocycles. The third kappa shape index (κ3) is 5.61. The van der Waals surface area contributed by atoms with Gasteiger partial charge in [0.1, 0.15) is 11.0 Å². The number of thiazole rings is 1. The maximum atomic E-state index is 12.5. The molecule has 6 nitrogen and oxygen atoms in total. The molecule has 2 atom stereocenters. The van der Waals surface area contributed by atoms with Gasteiger partial charge in [-0.3, -0.25) is 14.6 Å². The minimum absolute atomic E-state index is 0.0321. The van der Waals surface area contributed by atoms with Crippen LogP contribution in [0.25, 0.3) is 11.3 Å². The Morgan fingerprint density at radius 3 is 2.71 bits per heavy atom. The van der Waals surface area contributed by atoms with E-state index in [1.807, 2.05) is 24.4 Å². The van der Waals surface area contributed by atoms with E-state index in [1.54, 1.807) is 19.3 Å². The number of amides is 2. The monoisotopic (exact) mass is 400 g/mol. The Balaban J connectivity index is 1.49. The number of aromatic nitrogens is 2. The van der Waals surface area contributed by atoms with Gasteiger partial charge in [-0.25, -0.2) is 4.98 Å². The van der Waals surface area contributed by atoms with Crippen molar-refractivity contribution in [2.24, 2.45) is 5.92 Å². The van der Waals surface area contributed by atoms with E-state index in [0.717, 1.165) is 29.1 Å². The van der Waals surface area contributed by atoms with Gasteiger partial charge in [-0.05, 0) is 44.7 Å². The molecule has 0 aromatic carbocycles. The molecule has 1 saturated carbocycles. The predicted octanol–water partition coefficient (Wildman–Crippen LogP) is 3.86. The Bertz CT molecular complexity index is 787. The molecule has 150 valence electrons. The van der Waals surface area contributed by atoms with E-state index in [0.29, 0.717) is 12.3 Å². The number of hydrogen-bond acceptors (Lipinski definition) is 5. The van der Waals surface area contributed by atoms with Gasteiger partial charge in [0.05, 0.1) is 11.7 Å². The fourth-order valence-electron chi connectivity index (χ4n) is 3.55. The van der Waals surface area contributed by atoms with Crippen LogP contribution in [-0.2, 0) is 9.59 Å². The summed E-state index contributed by atoms with van der Waals surface area (Å²) in [6.07, 6.45) is 9.95. The fraction of sp³-hybridized carbons (Fsp3) is 0.524. The summed E-state index contributed by atoms with van der Waals surface area (Å²) in [4.78, 5) is 33.4. The van der Waals surface area contributed by atoms with E-state index < -0.39 is 6.04 Å². The summed E-state index contributed by atoms with van der Waals surface area (Å²) in [7, 11) is 0. The van der Waals surface area contributed by atoms with E-state index in [9.17, 15) is 9.59 Å². The molecule has 0 bridgehead atoms. The van der Waals surface area contributed by atoms with Crippen molar-refractivity contribution in [2.45, 2.75) is 64.5 Å². The van der Waals surface area contributed by atoms with E-state index in [2.05, 4.69) is 20.6 Å². The van der Waals surface area contributed by atoms with Crippen LogP contribution in [0.3, 0.4) is 0 Å². The Kier molecular flexibility index (Phi) is 7.14. The first-order chi connectivity index (χ1) is 13.5. The fourth-order valence-corrected chi connectivity index (χ4v) is 4.39. The first kappa shape index (κ1) is 20.5. The maximum absolute atomic E-state index is 12.5. The van der Waals surface area contributed by atoms with Crippen LogP contribution in [0.2, 0.25) is 0 Å². The average Bonchev–Trinajstić information content (AvgIpc) is 3.19. The van der Waals surface area contributed by atoms with Gasteiger partial charge < -0.3 is 10.6 Å². The number of nitrogens with one attached hydrogen (secondary N) is 2. The van der Waals surface area contributed by atoms with Gasteiger partial charge in [-0.15, -0.1) is 11.3 Å². The van der Waals surface area contributed by atoms with Crippen molar-refractivity contribution in [3.05, 3.63) is 34.9 Å². The summed E-state index contributed by atoms with van der Waals surface area (Å²) in [6, 6.07) is 3.05. The molecule has 2 unspecified atom stereocenters. The van der Waals surface area contributed by atoms with Gasteiger partial charge in [0.15, 0.2) is 0 Å². The number of carbonyl (C=O) groups is 2. The smallest absolute Gasteiger partial charge is 0.242 e. The van der Waals surface area contributed by atoms with Crippen LogP contribution in [0.1, 0.15) is 63.4 Å². The number of hydrogen-bond donors (Lipinski definition) is 2. The molecule has 0 saturated heterocycles. The van der Waals surface area contributed by atoms with Gasteiger partial charge >= 0.3 is 0 Å². The highest BCUT2D eigenvalue weighted by molar-refractivity contribution is 7.10. The van der Waals surface area contributed by atoms with E-state index in [4.69, 9.17) is 0 Å². The highest BCUT2D eigenvalue weighted by Gasteiger charge is 2.22. The molecular formula is C21H28N4O2S. The number of pyridine rings is 1. The summed E-state index contributed by atoms with van der Waals surface area (Å²) in [5.74, 6) is 0.238. The number of rotatable bonds is 7. The summed E-state index contributed by atoms with van der Waals surface area (Å²) < 4.78 is 0. The molecular weight excluding hydrogens is 372 g/mol. The van der Waals surface area contributed by atoms with Crippen molar-refractivity contribution in [2.75, 3.05) is 0 Å². The van der Waals surface area contributed by atoms with Crippen LogP contribution in [0, 0.1) is 5.92 Å². The summed E-state index contributed by atoms with van der Waals surface area (Å²) in [5, 5.41) is 8.58. The summed E-state index contributed by atoms with van der Waals surface area (Å²) in [5.41, 5.74) is 1.80. The molecule has 0 aliphatic heterocycles. The second-order valence-electron chi connectivity index (χ2n) is 7.54. The number of nitrogens with zero attached hydrogens (tertiary/aromatic N) is 2. The highest BCUT2D eigenvalue weighted by atomic mass is 32.1. The molecule has 7 heteroatoms. The van der Waals surface area contributed by atoms with Gasteiger partial charge in [0, 0.05) is 29.8 Å². The molecule has 3 rings (SSSR count). The number of carbonyl (C=O) groups excluding carboxylic acids is 2. The molecule has 28 heavy (non-hydrogen) atoms. The third-order valence-electron chi connectivity index (χ3n) is 5.18. The lowest BCUT2D eigenvalue weighted by Gasteiger charge is -2.22. The zero-order valence-corrected chi connectivity index (χ0v) is 17.3. The SMILES string of the molecule is CC(NC(=O)CC1CCCCC1)C(=O)NC(C)c1nc(-c2cccnc2)cs1. The minimum atomic E-state index is -0.559. The predicted molar refractivity (Wildman–Crippen MR) is 111 cm³/mol. The standard InChI is InChI=1S/C21H28N4O2S/c1-14(23-19(26)11-16-7-4-3-5-8-16)20(27)24-15(2)21-25-18(13-28-21)17-9-6-10-22-12-17/h6,9-10,12-16H,3-5,7-8,11H2,1-2H3,(H,23,26)(H,24,27). The van der Waals surface area contributed by atoms with Crippen molar-refractivity contribution in [3.63, 3.8) is 0 Å². The van der Waals surface area contributed by atoms with Gasteiger partial charge in [-0.2, -0.15) is 0 Å². The van der Waals surface area contributed by atoms with Crippen LogP contribution < -0.4 is 10.6 Å². The normalized spacial score (nSPS) is 16.9. The van der Waals surface area contributed by atoms with Crippen molar-refractivity contribution in [1.82, 2.24) is 20.6 Å². The lowest BCUT2D eigenvalue weighted by molar-refractivity contribution is -0.129. The molecule has 1 aliphatic carbocycles.